The lowest BCUT2D eigenvalue weighted by Gasteiger charge is -2.37. The Balaban J connectivity index is 2.00. The molecular formula is C22H34N2O3. The molecule has 0 aromatic heterocycles. The summed E-state index contributed by atoms with van der Waals surface area (Å²) in [6, 6.07) is 0. The Morgan fingerprint density at radius 2 is 1.59 bits per heavy atom. The molecule has 0 aliphatic carbocycles. The molecule has 0 radical (unpaired) electrons. The van der Waals surface area contributed by atoms with Crippen LogP contribution in [0.2, 0.25) is 0 Å². The highest BCUT2D eigenvalue weighted by Crippen LogP contribution is 2.40. The van der Waals surface area contributed by atoms with E-state index in [-0.39, 0.29) is 11.8 Å². The molecule has 2 rings (SSSR count). The van der Waals surface area contributed by atoms with Gasteiger partial charge in [-0.1, -0.05) is 13.8 Å². The van der Waals surface area contributed by atoms with Crippen LogP contribution in [0.5, 0.6) is 5.75 Å². The van der Waals surface area contributed by atoms with Gasteiger partial charge in [-0.2, -0.15) is 0 Å². The van der Waals surface area contributed by atoms with Crippen molar-refractivity contribution in [2.24, 2.45) is 5.92 Å². The third-order valence-corrected chi connectivity index (χ3v) is 5.74. The zero-order chi connectivity index (χ0) is 20.4. The van der Waals surface area contributed by atoms with Crippen LogP contribution in [0.25, 0.3) is 0 Å². The number of amides is 2. The molecule has 27 heavy (non-hydrogen) atoms. The Morgan fingerprint density at radius 3 is 2.22 bits per heavy atom. The summed E-state index contributed by atoms with van der Waals surface area (Å²) < 4.78 is 6.26. The largest absolute Gasteiger partial charge is 0.477 e. The topological polar surface area (TPSA) is 67.4 Å². The summed E-state index contributed by atoms with van der Waals surface area (Å²) in [5.41, 5.74) is 5.26. The van der Waals surface area contributed by atoms with Crippen molar-refractivity contribution in [2.75, 3.05) is 13.1 Å². The molecule has 1 aromatic carbocycles. The standard InChI is InChI=1S/C22H34N2O3/c1-13(2)12-19(25)23-10-11-24-21(26)22(7)9-8-18-16(5)14(3)15(4)17(6)20(18)27-22/h13H,8-12H2,1-7H3,(H,23,25)(H,24,26). The van der Waals surface area contributed by atoms with Crippen LogP contribution < -0.4 is 15.4 Å². The Labute approximate surface area is 163 Å². The van der Waals surface area contributed by atoms with Gasteiger partial charge in [0.25, 0.3) is 5.91 Å². The van der Waals surface area contributed by atoms with E-state index in [9.17, 15) is 9.59 Å². The van der Waals surface area contributed by atoms with Gasteiger partial charge in [0, 0.05) is 25.9 Å². The molecule has 0 saturated carbocycles. The summed E-state index contributed by atoms with van der Waals surface area (Å²) >= 11 is 0. The zero-order valence-electron chi connectivity index (χ0n) is 17.8. The number of benzene rings is 1. The summed E-state index contributed by atoms with van der Waals surface area (Å²) in [4.78, 5) is 24.4. The number of carbonyl (C=O) groups excluding carboxylic acids is 2. The highest BCUT2D eigenvalue weighted by molar-refractivity contribution is 5.86. The smallest absolute Gasteiger partial charge is 0.263 e. The molecule has 0 fully saturated rings. The molecule has 1 heterocycles. The van der Waals surface area contributed by atoms with Crippen molar-refractivity contribution >= 4 is 11.8 Å². The van der Waals surface area contributed by atoms with Gasteiger partial charge in [0.1, 0.15) is 5.75 Å². The minimum Gasteiger partial charge on any atom is -0.477 e. The van der Waals surface area contributed by atoms with Crippen LogP contribution in [0.15, 0.2) is 0 Å². The quantitative estimate of drug-likeness (QED) is 0.751. The molecule has 1 aliphatic rings. The van der Waals surface area contributed by atoms with Gasteiger partial charge in [-0.25, -0.2) is 0 Å². The molecule has 1 aliphatic heterocycles. The van der Waals surface area contributed by atoms with E-state index in [4.69, 9.17) is 4.74 Å². The van der Waals surface area contributed by atoms with E-state index in [0.717, 1.165) is 17.7 Å². The van der Waals surface area contributed by atoms with E-state index < -0.39 is 5.60 Å². The summed E-state index contributed by atoms with van der Waals surface area (Å²) in [5.74, 6) is 1.09. The molecule has 2 amide bonds. The van der Waals surface area contributed by atoms with Crippen LogP contribution in [-0.2, 0) is 16.0 Å². The summed E-state index contributed by atoms with van der Waals surface area (Å²) in [6.07, 6.45) is 1.98. The maximum absolute atomic E-state index is 12.8. The van der Waals surface area contributed by atoms with Crippen LogP contribution >= 0.6 is 0 Å². The van der Waals surface area contributed by atoms with Crippen molar-refractivity contribution in [2.45, 2.75) is 73.3 Å². The van der Waals surface area contributed by atoms with E-state index in [1.165, 1.54) is 22.3 Å². The number of hydrogen-bond donors (Lipinski definition) is 2. The van der Waals surface area contributed by atoms with Crippen molar-refractivity contribution in [3.05, 3.63) is 27.8 Å². The molecule has 5 heteroatoms. The monoisotopic (exact) mass is 374 g/mol. The minimum atomic E-state index is -0.881. The fourth-order valence-corrected chi connectivity index (χ4v) is 3.60. The van der Waals surface area contributed by atoms with E-state index in [1.54, 1.807) is 0 Å². The van der Waals surface area contributed by atoms with E-state index in [0.29, 0.717) is 31.8 Å². The first kappa shape index (κ1) is 21.3. The lowest BCUT2D eigenvalue weighted by atomic mass is 9.85. The number of rotatable bonds is 6. The Kier molecular flexibility index (Phi) is 6.55. The first-order valence-corrected chi connectivity index (χ1v) is 9.90. The normalized spacial score (nSPS) is 18.7. The molecule has 5 nitrogen and oxygen atoms in total. The second-order valence-corrected chi connectivity index (χ2v) is 8.34. The second kappa shape index (κ2) is 8.32. The van der Waals surface area contributed by atoms with Gasteiger partial charge in [-0.15, -0.1) is 0 Å². The van der Waals surface area contributed by atoms with E-state index >= 15 is 0 Å². The Bertz CT molecular complexity index is 740. The van der Waals surface area contributed by atoms with Crippen molar-refractivity contribution < 1.29 is 14.3 Å². The summed E-state index contributed by atoms with van der Waals surface area (Å²) in [5, 5.41) is 5.75. The third-order valence-electron chi connectivity index (χ3n) is 5.74. The van der Waals surface area contributed by atoms with E-state index in [1.807, 2.05) is 20.8 Å². The van der Waals surface area contributed by atoms with Gasteiger partial charge in [-0.05, 0) is 74.8 Å². The molecule has 2 N–H and O–H groups in total. The van der Waals surface area contributed by atoms with Gasteiger partial charge in [0.15, 0.2) is 5.60 Å². The molecule has 1 aromatic rings. The summed E-state index contributed by atoms with van der Waals surface area (Å²) in [7, 11) is 0. The average molecular weight is 375 g/mol. The van der Waals surface area contributed by atoms with Crippen LogP contribution in [0.3, 0.4) is 0 Å². The maximum Gasteiger partial charge on any atom is 0.263 e. The average Bonchev–Trinajstić information content (AvgIpc) is 2.60. The first-order chi connectivity index (χ1) is 12.6. The van der Waals surface area contributed by atoms with Crippen LogP contribution in [0.1, 0.15) is 61.4 Å². The van der Waals surface area contributed by atoms with Crippen molar-refractivity contribution in [1.82, 2.24) is 10.6 Å². The highest BCUT2D eigenvalue weighted by atomic mass is 16.5. The highest BCUT2D eigenvalue weighted by Gasteiger charge is 2.40. The molecule has 1 unspecified atom stereocenters. The Hall–Kier alpha value is -2.04. The predicted molar refractivity (Wildman–Crippen MR) is 108 cm³/mol. The molecule has 150 valence electrons. The number of nitrogens with one attached hydrogen (secondary N) is 2. The van der Waals surface area contributed by atoms with Crippen LogP contribution in [0, 0.1) is 33.6 Å². The Morgan fingerprint density at radius 1 is 1.00 bits per heavy atom. The summed E-state index contributed by atoms with van der Waals surface area (Å²) in [6.45, 7) is 15.1. The second-order valence-electron chi connectivity index (χ2n) is 8.34. The third kappa shape index (κ3) is 4.63. The molecule has 0 bridgehead atoms. The fourth-order valence-electron chi connectivity index (χ4n) is 3.60. The number of carbonyl (C=O) groups is 2. The van der Waals surface area contributed by atoms with Crippen molar-refractivity contribution in [1.29, 1.82) is 0 Å². The van der Waals surface area contributed by atoms with Gasteiger partial charge < -0.3 is 15.4 Å². The lowest BCUT2D eigenvalue weighted by Crippen LogP contribution is -2.52. The van der Waals surface area contributed by atoms with Crippen LogP contribution in [-0.4, -0.2) is 30.5 Å². The number of ether oxygens (including phenoxy) is 1. The zero-order valence-corrected chi connectivity index (χ0v) is 17.8. The molecular weight excluding hydrogens is 340 g/mol. The van der Waals surface area contributed by atoms with Crippen LogP contribution in [0.4, 0.5) is 0 Å². The maximum atomic E-state index is 12.8. The molecule has 1 atom stereocenters. The minimum absolute atomic E-state index is 0.0187. The number of fused-ring (bicyclic) bond motifs is 1. The van der Waals surface area contributed by atoms with Gasteiger partial charge >= 0.3 is 0 Å². The molecule has 0 spiro atoms. The van der Waals surface area contributed by atoms with Gasteiger partial charge in [0.2, 0.25) is 5.91 Å². The van der Waals surface area contributed by atoms with Crippen molar-refractivity contribution in [3.8, 4) is 5.75 Å². The molecule has 0 saturated heterocycles. The van der Waals surface area contributed by atoms with Crippen molar-refractivity contribution in [3.63, 3.8) is 0 Å². The predicted octanol–water partition coefficient (Wildman–Crippen LogP) is 3.28. The van der Waals surface area contributed by atoms with Gasteiger partial charge in [-0.3, -0.25) is 9.59 Å². The van der Waals surface area contributed by atoms with Gasteiger partial charge in [0.05, 0.1) is 0 Å². The first-order valence-electron chi connectivity index (χ1n) is 9.90. The SMILES string of the molecule is Cc1c(C)c(C)c2c(c1C)CCC(C)(C(=O)NCCNC(=O)CC(C)C)O2. The number of hydrogen-bond acceptors (Lipinski definition) is 3. The lowest BCUT2D eigenvalue weighted by molar-refractivity contribution is -0.137. The fraction of sp³-hybridized carbons (Fsp3) is 0.636. The van der Waals surface area contributed by atoms with E-state index in [2.05, 4.69) is 38.3 Å².